The van der Waals surface area contributed by atoms with Crippen molar-refractivity contribution in [2.45, 2.75) is 6.16 Å². The number of carbonyl (C=O) groups excluding carboxylic acids is 1. The highest BCUT2D eigenvalue weighted by Crippen LogP contribution is 2.43. The van der Waals surface area contributed by atoms with E-state index in [-0.39, 0.29) is 56.1 Å². The maximum absolute atomic E-state index is 15.0. The van der Waals surface area contributed by atoms with Crippen LogP contribution in [0.25, 0.3) is 61.0 Å². The fourth-order valence-corrected chi connectivity index (χ4v) is 7.03. The van der Waals surface area contributed by atoms with Crippen molar-refractivity contribution < 1.29 is 40.8 Å². The molecular weight excluding hydrogens is 679 g/mol. The molecule has 0 fully saturated rings. The minimum Gasteiger partial charge on any atom is -0.455 e. The third kappa shape index (κ3) is 5.60. The number of hydrogen-bond donors (Lipinski definition) is 3. The number of benzene rings is 3. The minimum atomic E-state index is -4.61. The van der Waals surface area contributed by atoms with Crippen LogP contribution < -0.4 is 9.62 Å². The average molecular weight is 706 g/mol. The number of hydrogen-bond acceptors (Lipinski definition) is 7. The lowest BCUT2D eigenvalue weighted by Crippen LogP contribution is -2.25. The minimum absolute atomic E-state index is 0.00755. The molecule has 0 aliphatic carbocycles. The largest absolute Gasteiger partial charge is 0.455 e. The van der Waals surface area contributed by atoms with E-state index in [0.717, 1.165) is 10.6 Å². The summed E-state index contributed by atoms with van der Waals surface area (Å²) in [4.78, 5) is 42.3. The van der Waals surface area contributed by atoms with Crippen molar-refractivity contribution in [3.05, 3.63) is 95.8 Å². The molecule has 1 amide bonds. The number of nitrogens with zero attached hydrogens (tertiary/aromatic N) is 4. The second kappa shape index (κ2) is 11.4. The summed E-state index contributed by atoms with van der Waals surface area (Å²) < 4.78 is 75.2. The Morgan fingerprint density at radius 3 is 2.41 bits per heavy atom. The van der Waals surface area contributed by atoms with Crippen molar-refractivity contribution in [1.82, 2.24) is 19.7 Å². The number of nitrogens with one attached hydrogen (secondary N) is 1. The van der Waals surface area contributed by atoms with E-state index in [4.69, 9.17) is 9.40 Å². The van der Waals surface area contributed by atoms with Crippen molar-refractivity contribution in [3.8, 4) is 22.6 Å². The monoisotopic (exact) mass is 705 g/mol. The molecule has 0 bridgehead atoms. The topological polar surface area (TPSA) is 167 Å². The van der Waals surface area contributed by atoms with Gasteiger partial charge in [-0.1, -0.05) is 6.07 Å². The number of fused-ring (bicyclic) bond motifs is 6. The molecule has 0 radical (unpaired) electrons. The van der Waals surface area contributed by atoms with E-state index in [1.807, 2.05) is 0 Å². The number of halogens is 2. The number of anilines is 1. The Bertz CT molecular complexity index is 2670. The number of aromatic nitrogens is 3. The first-order chi connectivity index (χ1) is 23.1. The van der Waals surface area contributed by atoms with Crippen LogP contribution in [0.2, 0.25) is 0 Å². The third-order valence-corrected chi connectivity index (χ3v) is 10.1. The number of pyridine rings is 1. The molecule has 7 rings (SSSR count). The Morgan fingerprint density at radius 1 is 1.00 bits per heavy atom. The summed E-state index contributed by atoms with van der Waals surface area (Å²) in [7, 11) is -5.67. The van der Waals surface area contributed by atoms with E-state index in [9.17, 15) is 36.3 Å². The average Bonchev–Trinajstić information content (AvgIpc) is 3.63. The molecule has 0 aliphatic heterocycles. The summed E-state index contributed by atoms with van der Waals surface area (Å²) in [5.41, 5.74) is 2.49. The number of amides is 1. The standard InChI is InChI=1S/C33H26F2N5O7PS/c1-36-33(41)30-21-13-20(26(39(2)49(3,45)46)15-28(21)47-32(30)17-7-9-18(34)10-8-17)23-11-12-24-31(38-23)27-14-19-22(35)5-4-6-25(19)40(27)29(37-24)16-48(42,43)44/h4-15H,16H2,1-3H3,(H,36,41)(H2,42,43,44). The van der Waals surface area contributed by atoms with Crippen LogP contribution in [0.1, 0.15) is 16.2 Å². The molecule has 7 aromatic rings. The maximum Gasteiger partial charge on any atom is 0.333 e. The van der Waals surface area contributed by atoms with Crippen LogP contribution in [-0.4, -0.2) is 58.8 Å². The molecule has 0 aliphatic rings. The van der Waals surface area contributed by atoms with Gasteiger partial charge in [0, 0.05) is 42.1 Å². The quantitative estimate of drug-likeness (QED) is 0.173. The van der Waals surface area contributed by atoms with Gasteiger partial charge in [-0.15, -0.1) is 0 Å². The van der Waals surface area contributed by atoms with Crippen LogP contribution in [0.4, 0.5) is 14.5 Å². The first-order valence-electron chi connectivity index (χ1n) is 14.6. The van der Waals surface area contributed by atoms with E-state index < -0.39 is 41.3 Å². The molecule has 4 heterocycles. The van der Waals surface area contributed by atoms with Crippen LogP contribution in [-0.2, 0) is 20.8 Å². The van der Waals surface area contributed by atoms with E-state index in [1.54, 1.807) is 24.3 Å². The zero-order chi connectivity index (χ0) is 35.0. The van der Waals surface area contributed by atoms with Gasteiger partial charge in [0.15, 0.2) is 0 Å². The Morgan fingerprint density at radius 2 is 1.73 bits per heavy atom. The Kier molecular flexibility index (Phi) is 7.56. The van der Waals surface area contributed by atoms with E-state index >= 15 is 0 Å². The first kappa shape index (κ1) is 32.3. The van der Waals surface area contributed by atoms with Crippen LogP contribution in [0.3, 0.4) is 0 Å². The highest BCUT2D eigenvalue weighted by atomic mass is 32.2. The van der Waals surface area contributed by atoms with Gasteiger partial charge in [0.25, 0.3) is 5.91 Å². The van der Waals surface area contributed by atoms with Crippen molar-refractivity contribution in [3.63, 3.8) is 0 Å². The molecular formula is C33H26F2N5O7PS. The van der Waals surface area contributed by atoms with Gasteiger partial charge in [0.2, 0.25) is 10.0 Å². The summed E-state index contributed by atoms with van der Waals surface area (Å²) in [6.45, 7) is 0. The smallest absolute Gasteiger partial charge is 0.333 e. The first-order valence-corrected chi connectivity index (χ1v) is 18.3. The maximum atomic E-state index is 15.0. The van der Waals surface area contributed by atoms with E-state index in [0.29, 0.717) is 22.0 Å². The summed E-state index contributed by atoms with van der Waals surface area (Å²) in [6.07, 6.45) is 0.300. The van der Waals surface area contributed by atoms with Gasteiger partial charge < -0.3 is 19.5 Å². The normalized spacial score (nSPS) is 12.4. The molecule has 49 heavy (non-hydrogen) atoms. The lowest BCUT2D eigenvalue weighted by atomic mass is 10.0. The SMILES string of the molecule is CNC(=O)c1c(-c2ccc(F)cc2)oc2cc(N(C)S(C)(=O)=O)c(-c3ccc4nc(CP(=O)(O)O)n5c6cccc(F)c6cc5c4n3)cc12. The molecule has 0 spiro atoms. The highest BCUT2D eigenvalue weighted by Gasteiger charge is 2.27. The van der Waals surface area contributed by atoms with Crippen molar-refractivity contribution in [1.29, 1.82) is 0 Å². The van der Waals surface area contributed by atoms with Crippen LogP contribution >= 0.6 is 7.60 Å². The molecule has 0 unspecified atom stereocenters. The lowest BCUT2D eigenvalue weighted by molar-refractivity contribution is 0.0964. The highest BCUT2D eigenvalue weighted by molar-refractivity contribution is 7.92. The lowest BCUT2D eigenvalue weighted by Gasteiger charge is -2.20. The number of furan rings is 1. The van der Waals surface area contributed by atoms with Crippen molar-refractivity contribution >= 4 is 67.6 Å². The van der Waals surface area contributed by atoms with Gasteiger partial charge in [-0.2, -0.15) is 0 Å². The fraction of sp³-hybridized carbons (Fsp3) is 0.121. The zero-order valence-corrected chi connectivity index (χ0v) is 27.7. The van der Waals surface area contributed by atoms with Crippen molar-refractivity contribution in [2.24, 2.45) is 0 Å². The molecule has 0 saturated carbocycles. The van der Waals surface area contributed by atoms with Crippen LogP contribution in [0.5, 0.6) is 0 Å². The second-order valence-corrected chi connectivity index (χ2v) is 15.1. The Balaban J connectivity index is 1.55. The molecule has 3 aromatic carbocycles. The fourth-order valence-electron chi connectivity index (χ4n) is 5.94. The van der Waals surface area contributed by atoms with E-state index in [2.05, 4.69) is 10.3 Å². The van der Waals surface area contributed by atoms with Gasteiger partial charge >= 0.3 is 7.60 Å². The molecule has 16 heteroatoms. The number of carbonyl (C=O) groups is 1. The summed E-state index contributed by atoms with van der Waals surface area (Å²) in [5, 5.41) is 3.09. The summed E-state index contributed by atoms with van der Waals surface area (Å²) in [6, 6.07) is 17.3. The molecule has 3 N–H and O–H groups in total. The van der Waals surface area contributed by atoms with Gasteiger partial charge in [-0.3, -0.25) is 18.1 Å². The molecule has 0 atom stereocenters. The predicted molar refractivity (Wildman–Crippen MR) is 181 cm³/mol. The van der Waals surface area contributed by atoms with Crippen molar-refractivity contribution in [2.75, 3.05) is 24.7 Å². The number of rotatable bonds is 7. The zero-order valence-electron chi connectivity index (χ0n) is 26.0. The van der Waals surface area contributed by atoms with Crippen LogP contribution in [0, 0.1) is 11.6 Å². The van der Waals surface area contributed by atoms with Gasteiger partial charge in [-0.25, -0.2) is 27.2 Å². The molecule has 250 valence electrons. The molecule has 4 aromatic heterocycles. The van der Waals surface area contributed by atoms with Gasteiger partial charge in [-0.05, 0) is 60.7 Å². The molecule has 12 nitrogen and oxygen atoms in total. The van der Waals surface area contributed by atoms with E-state index in [1.165, 1.54) is 67.0 Å². The molecule has 0 saturated heterocycles. The Labute approximate surface area is 276 Å². The Hall–Kier alpha value is -5.21. The third-order valence-electron chi connectivity index (χ3n) is 8.24. The van der Waals surface area contributed by atoms with Crippen LogP contribution in [0.15, 0.2) is 77.2 Å². The second-order valence-electron chi connectivity index (χ2n) is 11.4. The summed E-state index contributed by atoms with van der Waals surface area (Å²) in [5.74, 6) is -1.43. The summed E-state index contributed by atoms with van der Waals surface area (Å²) >= 11 is 0. The van der Waals surface area contributed by atoms with Gasteiger partial charge in [0.1, 0.15) is 40.5 Å². The number of sulfonamides is 1. The predicted octanol–water partition coefficient (Wildman–Crippen LogP) is 5.83. The van der Waals surface area contributed by atoms with Gasteiger partial charge in [0.05, 0.1) is 39.8 Å².